The van der Waals surface area contributed by atoms with Gasteiger partial charge < -0.3 is 0 Å². The molecule has 0 spiro atoms. The first-order valence-corrected chi connectivity index (χ1v) is 5.71. The molecule has 0 aliphatic carbocycles. The summed E-state index contributed by atoms with van der Waals surface area (Å²) in [6.07, 6.45) is 6.98. The molecule has 1 nitrogen and oxygen atoms in total. The van der Waals surface area contributed by atoms with E-state index in [0.717, 1.165) is 16.5 Å². The van der Waals surface area contributed by atoms with Crippen LogP contribution in [0.4, 0.5) is 0 Å². The molecule has 1 unspecified atom stereocenters. The minimum atomic E-state index is 0.102. The summed E-state index contributed by atoms with van der Waals surface area (Å²) in [4.78, 5) is 4.08. The zero-order valence-electron chi connectivity index (χ0n) is 7.63. The maximum Gasteiger partial charge on any atom is 0.0600 e. The molecule has 0 bridgehead atoms. The lowest BCUT2D eigenvalue weighted by atomic mass is 10.1. The molecule has 1 aromatic rings. The number of unbranched alkanes of at least 4 members (excludes halogenated alkanes) is 1. The van der Waals surface area contributed by atoms with E-state index in [4.69, 9.17) is 11.6 Å². The number of alkyl halides is 1. The van der Waals surface area contributed by atoms with Crippen LogP contribution in [0.5, 0.6) is 0 Å². The molecule has 13 heavy (non-hydrogen) atoms. The first-order valence-electron chi connectivity index (χ1n) is 4.48. The number of halogens is 2. The molecule has 1 heterocycles. The molecule has 1 atom stereocenters. The second kappa shape index (κ2) is 5.61. The Hall–Kier alpha value is -0.0800. The highest BCUT2D eigenvalue weighted by Gasteiger charge is 2.07. The van der Waals surface area contributed by atoms with Gasteiger partial charge in [0.25, 0.3) is 0 Å². The molecule has 0 saturated carbocycles. The van der Waals surface area contributed by atoms with E-state index in [9.17, 15) is 0 Å². The Morgan fingerprint density at radius 2 is 2.31 bits per heavy atom. The SMILES string of the molecule is CCCCC(Cl)c1cncc(Br)c1. The van der Waals surface area contributed by atoms with E-state index in [0.29, 0.717) is 0 Å². The molecule has 0 aliphatic rings. The zero-order chi connectivity index (χ0) is 9.68. The molecule has 3 heteroatoms. The molecule has 0 amide bonds. The number of pyridine rings is 1. The van der Waals surface area contributed by atoms with Crippen molar-refractivity contribution in [2.45, 2.75) is 31.6 Å². The molecule has 1 rings (SSSR count). The zero-order valence-corrected chi connectivity index (χ0v) is 9.98. The van der Waals surface area contributed by atoms with Gasteiger partial charge in [-0.1, -0.05) is 19.8 Å². The third kappa shape index (κ3) is 3.65. The predicted molar refractivity (Wildman–Crippen MR) is 60.1 cm³/mol. The third-order valence-electron chi connectivity index (χ3n) is 1.90. The van der Waals surface area contributed by atoms with Crippen molar-refractivity contribution in [3.63, 3.8) is 0 Å². The Bertz CT molecular complexity index is 265. The minimum Gasteiger partial charge on any atom is -0.263 e. The quantitative estimate of drug-likeness (QED) is 0.737. The van der Waals surface area contributed by atoms with Crippen LogP contribution in [0.15, 0.2) is 22.9 Å². The van der Waals surface area contributed by atoms with Crippen LogP contribution in [0.2, 0.25) is 0 Å². The van der Waals surface area contributed by atoms with Crippen LogP contribution in [-0.2, 0) is 0 Å². The van der Waals surface area contributed by atoms with Gasteiger partial charge in [0.2, 0.25) is 0 Å². The summed E-state index contributed by atoms with van der Waals surface area (Å²) >= 11 is 9.57. The van der Waals surface area contributed by atoms with E-state index >= 15 is 0 Å². The number of hydrogen-bond donors (Lipinski definition) is 0. The van der Waals surface area contributed by atoms with Crippen molar-refractivity contribution in [3.05, 3.63) is 28.5 Å². The normalized spacial score (nSPS) is 12.8. The monoisotopic (exact) mass is 261 g/mol. The van der Waals surface area contributed by atoms with Gasteiger partial charge in [-0.25, -0.2) is 0 Å². The maximum atomic E-state index is 6.20. The second-order valence-corrected chi connectivity index (χ2v) is 4.49. The van der Waals surface area contributed by atoms with Gasteiger partial charge in [0.05, 0.1) is 5.38 Å². The number of rotatable bonds is 4. The summed E-state index contributed by atoms with van der Waals surface area (Å²) in [6, 6.07) is 2.03. The Kier molecular flexibility index (Phi) is 4.74. The summed E-state index contributed by atoms with van der Waals surface area (Å²) in [5, 5.41) is 0.102. The molecular formula is C10H13BrClN. The molecule has 72 valence electrons. The standard InChI is InChI=1S/C10H13BrClN/c1-2-3-4-10(12)8-5-9(11)7-13-6-8/h5-7,10H,2-4H2,1H3. The molecule has 0 saturated heterocycles. The smallest absolute Gasteiger partial charge is 0.0600 e. The summed E-state index contributed by atoms with van der Waals surface area (Å²) in [6.45, 7) is 2.17. The van der Waals surface area contributed by atoms with E-state index in [2.05, 4.69) is 27.8 Å². The van der Waals surface area contributed by atoms with Crippen molar-refractivity contribution >= 4 is 27.5 Å². The molecular weight excluding hydrogens is 249 g/mol. The van der Waals surface area contributed by atoms with E-state index in [1.54, 1.807) is 6.20 Å². The van der Waals surface area contributed by atoms with Crippen molar-refractivity contribution < 1.29 is 0 Å². The molecule has 0 fully saturated rings. The number of aromatic nitrogens is 1. The average molecular weight is 263 g/mol. The fraction of sp³-hybridized carbons (Fsp3) is 0.500. The topological polar surface area (TPSA) is 12.9 Å². The van der Waals surface area contributed by atoms with Crippen LogP contribution in [0.1, 0.15) is 37.1 Å². The summed E-state index contributed by atoms with van der Waals surface area (Å²) in [7, 11) is 0. The third-order valence-corrected chi connectivity index (χ3v) is 2.80. The van der Waals surface area contributed by atoms with E-state index in [1.807, 2.05) is 12.3 Å². The molecule has 0 aliphatic heterocycles. The van der Waals surface area contributed by atoms with Crippen molar-refractivity contribution in [3.8, 4) is 0 Å². The van der Waals surface area contributed by atoms with Gasteiger partial charge in [0, 0.05) is 16.9 Å². The van der Waals surface area contributed by atoms with Crippen LogP contribution in [0.3, 0.4) is 0 Å². The van der Waals surface area contributed by atoms with Crippen molar-refractivity contribution in [1.29, 1.82) is 0 Å². The lowest BCUT2D eigenvalue weighted by molar-refractivity contribution is 0.699. The summed E-state index contributed by atoms with van der Waals surface area (Å²) in [5.41, 5.74) is 1.10. The van der Waals surface area contributed by atoms with E-state index in [-0.39, 0.29) is 5.38 Å². The first-order chi connectivity index (χ1) is 6.24. The Morgan fingerprint density at radius 1 is 1.54 bits per heavy atom. The molecule has 0 N–H and O–H groups in total. The van der Waals surface area contributed by atoms with Gasteiger partial charge in [-0.15, -0.1) is 11.6 Å². The van der Waals surface area contributed by atoms with Crippen LogP contribution in [-0.4, -0.2) is 4.98 Å². The average Bonchev–Trinajstić information content (AvgIpc) is 2.14. The van der Waals surface area contributed by atoms with Gasteiger partial charge in [-0.3, -0.25) is 4.98 Å². The highest BCUT2D eigenvalue weighted by molar-refractivity contribution is 9.10. The van der Waals surface area contributed by atoms with Gasteiger partial charge in [-0.05, 0) is 34.0 Å². The van der Waals surface area contributed by atoms with Gasteiger partial charge in [0.15, 0.2) is 0 Å². The molecule has 0 radical (unpaired) electrons. The lowest BCUT2D eigenvalue weighted by Gasteiger charge is -2.08. The summed E-state index contributed by atoms with van der Waals surface area (Å²) < 4.78 is 0.993. The second-order valence-electron chi connectivity index (χ2n) is 3.05. The van der Waals surface area contributed by atoms with Crippen molar-refractivity contribution in [1.82, 2.24) is 4.98 Å². The fourth-order valence-electron chi connectivity index (χ4n) is 1.15. The number of hydrogen-bond acceptors (Lipinski definition) is 1. The molecule has 0 aromatic carbocycles. The highest BCUT2D eigenvalue weighted by atomic mass is 79.9. The van der Waals surface area contributed by atoms with Crippen LogP contribution in [0, 0.1) is 0 Å². The Morgan fingerprint density at radius 3 is 2.92 bits per heavy atom. The van der Waals surface area contributed by atoms with Gasteiger partial charge in [-0.2, -0.15) is 0 Å². The van der Waals surface area contributed by atoms with Crippen LogP contribution >= 0.6 is 27.5 Å². The van der Waals surface area contributed by atoms with Crippen molar-refractivity contribution in [2.75, 3.05) is 0 Å². The fourth-order valence-corrected chi connectivity index (χ4v) is 1.81. The minimum absolute atomic E-state index is 0.102. The Balaban J connectivity index is 2.60. The predicted octanol–water partition coefficient (Wildman–Crippen LogP) is 4.31. The van der Waals surface area contributed by atoms with Crippen LogP contribution < -0.4 is 0 Å². The first kappa shape index (κ1) is 11.0. The Labute approximate surface area is 92.6 Å². The number of nitrogens with zero attached hydrogens (tertiary/aromatic N) is 1. The van der Waals surface area contributed by atoms with Crippen LogP contribution in [0.25, 0.3) is 0 Å². The van der Waals surface area contributed by atoms with E-state index in [1.165, 1.54) is 12.8 Å². The largest absolute Gasteiger partial charge is 0.263 e. The van der Waals surface area contributed by atoms with Gasteiger partial charge in [0.1, 0.15) is 0 Å². The van der Waals surface area contributed by atoms with Gasteiger partial charge >= 0.3 is 0 Å². The van der Waals surface area contributed by atoms with Crippen molar-refractivity contribution in [2.24, 2.45) is 0 Å². The molecule has 1 aromatic heterocycles. The van der Waals surface area contributed by atoms with E-state index < -0.39 is 0 Å². The highest BCUT2D eigenvalue weighted by Crippen LogP contribution is 2.27. The summed E-state index contributed by atoms with van der Waals surface area (Å²) in [5.74, 6) is 0. The maximum absolute atomic E-state index is 6.20. The lowest BCUT2D eigenvalue weighted by Crippen LogP contribution is -1.91.